The van der Waals surface area contributed by atoms with Gasteiger partial charge in [0.05, 0.1) is 30.4 Å². The molecule has 0 spiro atoms. The summed E-state index contributed by atoms with van der Waals surface area (Å²) in [6.45, 7) is 0. The monoisotopic (exact) mass is 355 g/mol. The van der Waals surface area contributed by atoms with Gasteiger partial charge in [-0.05, 0) is 12.1 Å². The summed E-state index contributed by atoms with van der Waals surface area (Å²) in [4.78, 5) is 22.8. The van der Waals surface area contributed by atoms with Crippen LogP contribution in [0.1, 0.15) is 20.0 Å². The highest BCUT2D eigenvalue weighted by molar-refractivity contribution is 7.92. The van der Waals surface area contributed by atoms with Crippen LogP contribution in [-0.4, -0.2) is 34.6 Å². The van der Waals surface area contributed by atoms with E-state index >= 15 is 0 Å². The lowest BCUT2D eigenvalue weighted by molar-refractivity contribution is 0.0591. The summed E-state index contributed by atoms with van der Waals surface area (Å²) in [5.74, 6) is -1.51. The first-order valence-corrected chi connectivity index (χ1v) is 8.58. The van der Waals surface area contributed by atoms with E-state index in [2.05, 4.69) is 9.47 Å². The zero-order valence-corrected chi connectivity index (χ0v) is 13.9. The molecule has 0 aliphatic rings. The van der Waals surface area contributed by atoms with Crippen LogP contribution in [0.2, 0.25) is 0 Å². The van der Waals surface area contributed by atoms with Gasteiger partial charge in [0.25, 0.3) is 0 Å². The van der Waals surface area contributed by atoms with Crippen LogP contribution in [0.25, 0.3) is 0 Å². The molecule has 2 rings (SSSR count). The molecule has 1 aromatic heterocycles. The number of sulfone groups is 1. The standard InChI is InChI=1S/C14H13NO6S2/c1-20-13(16)8-5-3-4-6-9(8)23(18,19)10-7-22-12(11(10)15)14(17)21-2/h3-7H,15H2,1-2H3. The summed E-state index contributed by atoms with van der Waals surface area (Å²) >= 11 is 0.856. The molecule has 9 heteroatoms. The average Bonchev–Trinajstić information content (AvgIpc) is 2.95. The van der Waals surface area contributed by atoms with Crippen LogP contribution in [-0.2, 0) is 19.3 Å². The SMILES string of the molecule is COC(=O)c1ccccc1S(=O)(=O)c1csc(C(=O)OC)c1N. The van der Waals surface area contributed by atoms with Crippen molar-refractivity contribution in [1.82, 2.24) is 0 Å². The predicted octanol–water partition coefficient (Wildman–Crippen LogP) is 1.74. The number of thiophene rings is 1. The van der Waals surface area contributed by atoms with Crippen LogP contribution in [0.4, 0.5) is 5.69 Å². The maximum atomic E-state index is 12.8. The van der Waals surface area contributed by atoms with Gasteiger partial charge in [0.15, 0.2) is 0 Å². The zero-order valence-electron chi connectivity index (χ0n) is 12.2. The number of anilines is 1. The zero-order chi connectivity index (χ0) is 17.2. The molecule has 0 atom stereocenters. The summed E-state index contributed by atoms with van der Waals surface area (Å²) in [5, 5.41) is 1.24. The van der Waals surface area contributed by atoms with Crippen molar-refractivity contribution in [2.24, 2.45) is 0 Å². The molecule has 0 fully saturated rings. The van der Waals surface area contributed by atoms with E-state index in [1.54, 1.807) is 0 Å². The third-order valence-corrected chi connectivity index (χ3v) is 6.01. The van der Waals surface area contributed by atoms with Crippen molar-refractivity contribution in [3.05, 3.63) is 40.1 Å². The number of methoxy groups -OCH3 is 2. The second kappa shape index (κ2) is 6.39. The number of ether oxygens (including phenoxy) is 2. The van der Waals surface area contributed by atoms with Crippen LogP contribution in [0.5, 0.6) is 0 Å². The molecular formula is C14H13NO6S2. The van der Waals surface area contributed by atoms with E-state index in [1.165, 1.54) is 36.8 Å². The average molecular weight is 355 g/mol. The first-order valence-electron chi connectivity index (χ1n) is 6.22. The van der Waals surface area contributed by atoms with Crippen molar-refractivity contribution in [2.75, 3.05) is 20.0 Å². The smallest absolute Gasteiger partial charge is 0.350 e. The molecule has 23 heavy (non-hydrogen) atoms. The molecular weight excluding hydrogens is 342 g/mol. The largest absolute Gasteiger partial charge is 0.465 e. The Hall–Kier alpha value is -2.39. The van der Waals surface area contributed by atoms with Gasteiger partial charge in [-0.2, -0.15) is 0 Å². The van der Waals surface area contributed by atoms with Crippen LogP contribution >= 0.6 is 11.3 Å². The van der Waals surface area contributed by atoms with Gasteiger partial charge in [-0.3, -0.25) is 0 Å². The molecule has 0 saturated heterocycles. The summed E-state index contributed by atoms with van der Waals surface area (Å²) in [5.41, 5.74) is 5.46. The van der Waals surface area contributed by atoms with Crippen LogP contribution < -0.4 is 5.73 Å². The number of carbonyl (C=O) groups excluding carboxylic acids is 2. The number of rotatable bonds is 4. The lowest BCUT2D eigenvalue weighted by Gasteiger charge is -2.09. The third-order valence-electron chi connectivity index (χ3n) is 3.04. The molecule has 2 N–H and O–H groups in total. The minimum absolute atomic E-state index is 0.0124. The minimum atomic E-state index is -4.10. The second-order valence-electron chi connectivity index (χ2n) is 4.33. The highest BCUT2D eigenvalue weighted by Gasteiger charge is 2.30. The van der Waals surface area contributed by atoms with Gasteiger partial charge in [0.2, 0.25) is 9.84 Å². The summed E-state index contributed by atoms with van der Waals surface area (Å²) in [7, 11) is -1.78. The molecule has 1 heterocycles. The lowest BCUT2D eigenvalue weighted by Crippen LogP contribution is -2.12. The number of nitrogens with two attached hydrogens (primary N) is 1. The Morgan fingerprint density at radius 1 is 1.04 bits per heavy atom. The van der Waals surface area contributed by atoms with Gasteiger partial charge in [-0.25, -0.2) is 18.0 Å². The Labute approximate surface area is 136 Å². The molecule has 2 aromatic rings. The minimum Gasteiger partial charge on any atom is -0.465 e. The van der Waals surface area contributed by atoms with Crippen molar-refractivity contribution in [3.8, 4) is 0 Å². The van der Waals surface area contributed by atoms with Gasteiger partial charge < -0.3 is 15.2 Å². The molecule has 0 aliphatic heterocycles. The van der Waals surface area contributed by atoms with Crippen molar-refractivity contribution < 1.29 is 27.5 Å². The molecule has 7 nitrogen and oxygen atoms in total. The van der Waals surface area contributed by atoms with Crippen LogP contribution in [0.3, 0.4) is 0 Å². The van der Waals surface area contributed by atoms with E-state index in [9.17, 15) is 18.0 Å². The van der Waals surface area contributed by atoms with Gasteiger partial charge in [-0.15, -0.1) is 11.3 Å². The quantitative estimate of drug-likeness (QED) is 0.831. The Balaban J connectivity index is 2.63. The van der Waals surface area contributed by atoms with E-state index in [0.29, 0.717) is 0 Å². The van der Waals surface area contributed by atoms with Crippen LogP contribution in [0.15, 0.2) is 39.4 Å². The van der Waals surface area contributed by atoms with Crippen molar-refractivity contribution in [2.45, 2.75) is 9.79 Å². The molecule has 0 unspecified atom stereocenters. The Bertz CT molecular complexity index is 869. The number of benzene rings is 1. The highest BCUT2D eigenvalue weighted by Crippen LogP contribution is 2.34. The van der Waals surface area contributed by atoms with Gasteiger partial charge >= 0.3 is 11.9 Å². The van der Waals surface area contributed by atoms with E-state index in [1.807, 2.05) is 0 Å². The molecule has 1 aromatic carbocycles. The highest BCUT2D eigenvalue weighted by atomic mass is 32.2. The van der Waals surface area contributed by atoms with E-state index < -0.39 is 21.8 Å². The van der Waals surface area contributed by atoms with Gasteiger partial charge in [0.1, 0.15) is 9.77 Å². The summed E-state index contributed by atoms with van der Waals surface area (Å²) in [6.07, 6.45) is 0. The number of hydrogen-bond donors (Lipinski definition) is 1. The number of carbonyl (C=O) groups is 2. The number of hydrogen-bond acceptors (Lipinski definition) is 8. The van der Waals surface area contributed by atoms with E-state index in [4.69, 9.17) is 5.73 Å². The van der Waals surface area contributed by atoms with E-state index in [0.717, 1.165) is 18.4 Å². The molecule has 0 saturated carbocycles. The molecule has 122 valence electrons. The van der Waals surface area contributed by atoms with Crippen molar-refractivity contribution in [3.63, 3.8) is 0 Å². The van der Waals surface area contributed by atoms with Gasteiger partial charge in [-0.1, -0.05) is 12.1 Å². The fourth-order valence-electron chi connectivity index (χ4n) is 1.91. The molecule has 0 aliphatic carbocycles. The second-order valence-corrected chi connectivity index (χ2v) is 7.09. The summed E-state index contributed by atoms with van der Waals surface area (Å²) in [6, 6.07) is 5.60. The van der Waals surface area contributed by atoms with Crippen molar-refractivity contribution in [1.29, 1.82) is 0 Å². The van der Waals surface area contributed by atoms with Crippen molar-refractivity contribution >= 4 is 38.8 Å². The number of nitrogen functional groups attached to an aromatic ring is 1. The topological polar surface area (TPSA) is 113 Å². The third kappa shape index (κ3) is 2.92. The first kappa shape index (κ1) is 17.0. The first-order chi connectivity index (χ1) is 10.8. The van der Waals surface area contributed by atoms with E-state index in [-0.39, 0.29) is 25.9 Å². The van der Waals surface area contributed by atoms with Gasteiger partial charge in [0, 0.05) is 5.38 Å². The molecule has 0 amide bonds. The number of esters is 2. The fraction of sp³-hybridized carbons (Fsp3) is 0.143. The maximum absolute atomic E-state index is 12.8. The fourth-order valence-corrected chi connectivity index (χ4v) is 4.72. The Morgan fingerprint density at radius 3 is 2.26 bits per heavy atom. The Kier molecular flexibility index (Phi) is 4.71. The normalized spacial score (nSPS) is 11.0. The lowest BCUT2D eigenvalue weighted by atomic mass is 10.2. The predicted molar refractivity (Wildman–Crippen MR) is 83.3 cm³/mol. The maximum Gasteiger partial charge on any atom is 0.350 e. The van der Waals surface area contributed by atoms with Crippen LogP contribution in [0, 0.1) is 0 Å². The molecule has 0 radical (unpaired) electrons. The Morgan fingerprint density at radius 2 is 1.65 bits per heavy atom. The summed E-state index contributed by atoms with van der Waals surface area (Å²) < 4.78 is 34.7. The molecule has 0 bridgehead atoms.